The van der Waals surface area contributed by atoms with Crippen LogP contribution in [0.1, 0.15) is 11.1 Å². The monoisotopic (exact) mass is 448 g/mol. The van der Waals surface area contributed by atoms with Gasteiger partial charge in [0.2, 0.25) is 0 Å². The van der Waals surface area contributed by atoms with Crippen molar-refractivity contribution in [1.82, 2.24) is 0 Å². The first kappa shape index (κ1) is 16.9. The van der Waals surface area contributed by atoms with Gasteiger partial charge in [-0.15, -0.1) is 0 Å². The molecule has 1 aliphatic heterocycles. The van der Waals surface area contributed by atoms with Crippen LogP contribution in [-0.2, 0) is 23.1 Å². The first-order valence-electron chi connectivity index (χ1n) is 7.87. The van der Waals surface area contributed by atoms with Crippen LogP contribution in [-0.4, -0.2) is 6.71 Å². The van der Waals surface area contributed by atoms with Crippen molar-refractivity contribution in [3.05, 3.63) is 83.9 Å². The van der Waals surface area contributed by atoms with E-state index >= 15 is 0 Å². The Labute approximate surface area is 157 Å². The Hall–Kier alpha value is -0.522. The Morgan fingerprint density at radius 1 is 0.708 bits per heavy atom. The molecule has 1 aliphatic rings. The zero-order valence-electron chi connectivity index (χ0n) is 12.8. The van der Waals surface area contributed by atoms with Gasteiger partial charge in [-0.3, -0.25) is 0 Å². The molecule has 0 atom stereocenters. The molecular weight excluding hydrogens is 437 g/mol. The minimum absolute atomic E-state index is 0.134. The van der Waals surface area contributed by atoms with E-state index in [1.165, 1.54) is 27.5 Å². The predicted molar refractivity (Wildman–Crippen MR) is 104 cm³/mol. The molecule has 0 saturated heterocycles. The Bertz CT molecular complexity index is 891. The molecule has 0 spiro atoms. The van der Waals surface area contributed by atoms with Gasteiger partial charge in [0.05, 0.1) is 0 Å². The first-order chi connectivity index (χ1) is 11.6. The van der Waals surface area contributed by atoms with Crippen LogP contribution in [0.15, 0.2) is 72.8 Å². The molecule has 0 aliphatic carbocycles. The van der Waals surface area contributed by atoms with Gasteiger partial charge in [0.25, 0.3) is 0 Å². The second-order valence-electron chi connectivity index (χ2n) is 6.10. The number of hydrogen-bond acceptors (Lipinski definition) is 0. The molecule has 0 saturated carbocycles. The Balaban J connectivity index is 2.03. The van der Waals surface area contributed by atoms with E-state index < -0.39 is 16.7 Å². The third-order valence-electron chi connectivity index (χ3n) is 4.67. The summed E-state index contributed by atoms with van der Waals surface area (Å²) in [6, 6.07) is 25.4. The molecule has 0 amide bonds. The van der Waals surface area contributed by atoms with E-state index in [1.807, 2.05) is 18.2 Å². The van der Waals surface area contributed by atoms with Gasteiger partial charge in [0.15, 0.2) is 0 Å². The van der Waals surface area contributed by atoms with Crippen molar-refractivity contribution in [3.63, 3.8) is 0 Å². The van der Waals surface area contributed by atoms with Crippen molar-refractivity contribution in [2.75, 3.05) is 0 Å². The second-order valence-corrected chi connectivity index (χ2v) is 23.4. The van der Waals surface area contributed by atoms with Crippen molar-refractivity contribution in [2.45, 2.75) is 6.42 Å². The summed E-state index contributed by atoms with van der Waals surface area (Å²) in [6.07, 6.45) is 0.898. The summed E-state index contributed by atoms with van der Waals surface area (Å²) >= 11 is -3.79. The van der Waals surface area contributed by atoms with Crippen LogP contribution in [0.5, 0.6) is 0 Å². The third kappa shape index (κ3) is 3.03. The van der Waals surface area contributed by atoms with Gasteiger partial charge in [-0.05, 0) is 0 Å². The molecule has 3 aromatic carbocycles. The summed E-state index contributed by atoms with van der Waals surface area (Å²) in [4.78, 5) is 0. The van der Waals surface area contributed by atoms with Crippen LogP contribution in [0, 0.1) is 0 Å². The summed E-state index contributed by atoms with van der Waals surface area (Å²) in [6.45, 7) is 0.134. The summed E-state index contributed by atoms with van der Waals surface area (Å²) in [5.41, 5.74) is 6.43. The molecule has 0 bridgehead atoms. The standard InChI is InChI=1S/C19H14B.3ClH.Zr/c1-2-10-17(11-3-1)20-18-12-6-4-8-15(18)14-16-9-5-7-13-19(16)20;;;;/h1-12H,14H2;3*1H;/q;;;;+3/p-3. The van der Waals surface area contributed by atoms with Crippen molar-refractivity contribution in [3.8, 4) is 0 Å². The van der Waals surface area contributed by atoms with Gasteiger partial charge >= 0.3 is 159 Å². The molecule has 5 heteroatoms. The van der Waals surface area contributed by atoms with Crippen LogP contribution >= 0.6 is 25.5 Å². The molecule has 0 nitrogen and oxygen atoms in total. The molecule has 1 heterocycles. The molecule has 24 heavy (non-hydrogen) atoms. The van der Waals surface area contributed by atoms with E-state index in [0.29, 0.717) is 0 Å². The molecular formula is C19H14BCl3Zr. The minimum atomic E-state index is -3.79. The van der Waals surface area contributed by atoms with Gasteiger partial charge < -0.3 is 0 Å². The van der Waals surface area contributed by atoms with Gasteiger partial charge in [-0.1, -0.05) is 0 Å². The van der Waals surface area contributed by atoms with Crippen LogP contribution < -0.4 is 19.7 Å². The molecule has 4 rings (SSSR count). The number of hydrogen-bond donors (Lipinski definition) is 0. The zero-order chi connectivity index (χ0) is 16.7. The SMILES string of the molecule is [Cl][Zr]([Cl])([Cl])[c]1cccc2c1B(c1ccccc1)c1ccccc1C2. The fourth-order valence-electron chi connectivity index (χ4n) is 3.68. The van der Waals surface area contributed by atoms with Crippen LogP contribution in [0.3, 0.4) is 0 Å². The van der Waals surface area contributed by atoms with Gasteiger partial charge in [-0.2, -0.15) is 0 Å². The zero-order valence-corrected chi connectivity index (χ0v) is 17.6. The average molecular weight is 451 g/mol. The Morgan fingerprint density at radius 3 is 2.12 bits per heavy atom. The average Bonchev–Trinajstić information content (AvgIpc) is 2.59. The van der Waals surface area contributed by atoms with Crippen molar-refractivity contribution >= 4 is 51.9 Å². The van der Waals surface area contributed by atoms with E-state index in [-0.39, 0.29) is 6.71 Å². The quantitative estimate of drug-likeness (QED) is 0.411. The number of benzene rings is 3. The van der Waals surface area contributed by atoms with E-state index in [1.54, 1.807) is 0 Å². The van der Waals surface area contributed by atoms with E-state index in [9.17, 15) is 0 Å². The fourth-order valence-corrected chi connectivity index (χ4v) is 8.81. The Morgan fingerprint density at radius 2 is 1.38 bits per heavy atom. The first-order valence-corrected chi connectivity index (χ1v) is 18.6. The molecule has 118 valence electrons. The summed E-state index contributed by atoms with van der Waals surface area (Å²) in [7, 11) is 19.5. The molecule has 0 unspecified atom stereocenters. The molecule has 0 aromatic heterocycles. The van der Waals surface area contributed by atoms with E-state index in [0.717, 1.165) is 9.69 Å². The predicted octanol–water partition coefficient (Wildman–Crippen LogP) is 3.35. The van der Waals surface area contributed by atoms with Crippen molar-refractivity contribution < 1.29 is 16.7 Å². The van der Waals surface area contributed by atoms with Crippen LogP contribution in [0.2, 0.25) is 0 Å². The van der Waals surface area contributed by atoms with Crippen LogP contribution in [0.25, 0.3) is 0 Å². The van der Waals surface area contributed by atoms with E-state index in [4.69, 9.17) is 25.5 Å². The van der Waals surface area contributed by atoms with Gasteiger partial charge in [0, 0.05) is 0 Å². The third-order valence-corrected chi connectivity index (χ3v) is 10.9. The summed E-state index contributed by atoms with van der Waals surface area (Å²) in [5, 5.41) is 0. The maximum absolute atomic E-state index is 6.52. The molecule has 3 aromatic rings. The number of halogens is 3. The number of fused-ring (bicyclic) bond motifs is 2. The van der Waals surface area contributed by atoms with Crippen molar-refractivity contribution in [2.24, 2.45) is 0 Å². The van der Waals surface area contributed by atoms with E-state index in [2.05, 4.69) is 54.6 Å². The van der Waals surface area contributed by atoms with Gasteiger partial charge in [-0.25, -0.2) is 0 Å². The van der Waals surface area contributed by atoms with Crippen LogP contribution in [0.4, 0.5) is 0 Å². The molecule has 0 radical (unpaired) electrons. The second kappa shape index (κ2) is 6.65. The fraction of sp³-hybridized carbons (Fsp3) is 0.0526. The normalized spacial score (nSPS) is 13.4. The van der Waals surface area contributed by atoms with Crippen molar-refractivity contribution in [1.29, 1.82) is 0 Å². The molecule has 0 N–H and O–H groups in total. The maximum atomic E-state index is 6.52. The number of rotatable bonds is 2. The summed E-state index contributed by atoms with van der Waals surface area (Å²) < 4.78 is 0.982. The van der Waals surface area contributed by atoms with Gasteiger partial charge in [0.1, 0.15) is 0 Å². The topological polar surface area (TPSA) is 0 Å². The molecule has 0 fully saturated rings. The summed E-state index contributed by atoms with van der Waals surface area (Å²) in [5.74, 6) is 0. The Kier molecular flexibility index (Phi) is 4.69.